The SMILES string of the molecule is CCCCCC=CCC1CC1CC1CC1CCCCC. The lowest BCUT2D eigenvalue weighted by atomic mass is 10.1. The first kappa shape index (κ1) is 16.1. The Bertz CT molecular complexity index is 278. The Labute approximate surface area is 127 Å². The summed E-state index contributed by atoms with van der Waals surface area (Å²) in [6.07, 6.45) is 22.3. The molecule has 0 bridgehead atoms. The first-order valence-electron chi connectivity index (χ1n) is 9.50. The molecule has 20 heavy (non-hydrogen) atoms. The average molecular weight is 277 g/mol. The predicted octanol–water partition coefficient (Wildman–Crippen LogP) is 6.76. The average Bonchev–Trinajstić information content (AvgIpc) is 3.35. The molecule has 0 spiro atoms. The van der Waals surface area contributed by atoms with Gasteiger partial charge in [-0.25, -0.2) is 0 Å². The van der Waals surface area contributed by atoms with E-state index < -0.39 is 0 Å². The van der Waals surface area contributed by atoms with Crippen LogP contribution >= 0.6 is 0 Å². The molecule has 0 nitrogen and oxygen atoms in total. The molecular weight excluding hydrogens is 240 g/mol. The monoisotopic (exact) mass is 276 g/mol. The normalized spacial score (nSPS) is 31.9. The Morgan fingerprint density at radius 3 is 2.25 bits per heavy atom. The van der Waals surface area contributed by atoms with E-state index >= 15 is 0 Å². The molecule has 0 aromatic rings. The highest BCUT2D eigenvalue weighted by atomic mass is 14.5. The van der Waals surface area contributed by atoms with E-state index in [1.54, 1.807) is 12.8 Å². The van der Waals surface area contributed by atoms with Crippen LogP contribution in [0.15, 0.2) is 12.2 Å². The second kappa shape index (κ2) is 8.90. The molecule has 0 saturated heterocycles. The third kappa shape index (κ3) is 6.02. The molecule has 0 radical (unpaired) electrons. The van der Waals surface area contributed by atoms with Crippen molar-refractivity contribution in [3.8, 4) is 0 Å². The summed E-state index contributed by atoms with van der Waals surface area (Å²) in [6, 6.07) is 0. The minimum absolute atomic E-state index is 1.06. The van der Waals surface area contributed by atoms with E-state index in [0.29, 0.717) is 0 Å². The van der Waals surface area contributed by atoms with Crippen LogP contribution in [0.5, 0.6) is 0 Å². The van der Waals surface area contributed by atoms with Crippen molar-refractivity contribution in [1.82, 2.24) is 0 Å². The number of hydrogen-bond donors (Lipinski definition) is 0. The van der Waals surface area contributed by atoms with Gasteiger partial charge in [0.05, 0.1) is 0 Å². The van der Waals surface area contributed by atoms with Gasteiger partial charge in [0.2, 0.25) is 0 Å². The fourth-order valence-electron chi connectivity index (χ4n) is 3.79. The van der Waals surface area contributed by atoms with Gasteiger partial charge in [-0.3, -0.25) is 0 Å². The third-order valence-electron chi connectivity index (χ3n) is 5.50. The lowest BCUT2D eigenvalue weighted by molar-refractivity contribution is 0.526. The Kier molecular flexibility index (Phi) is 7.17. The van der Waals surface area contributed by atoms with Crippen molar-refractivity contribution in [3.05, 3.63) is 12.2 Å². The molecule has 4 atom stereocenters. The van der Waals surface area contributed by atoms with E-state index in [1.807, 2.05) is 0 Å². The van der Waals surface area contributed by atoms with E-state index in [-0.39, 0.29) is 0 Å². The number of hydrogen-bond acceptors (Lipinski definition) is 0. The van der Waals surface area contributed by atoms with Crippen LogP contribution in [0, 0.1) is 23.7 Å². The van der Waals surface area contributed by atoms with Crippen LogP contribution in [0.4, 0.5) is 0 Å². The summed E-state index contributed by atoms with van der Waals surface area (Å²) in [6.45, 7) is 4.60. The summed E-state index contributed by atoms with van der Waals surface area (Å²) in [4.78, 5) is 0. The van der Waals surface area contributed by atoms with Crippen molar-refractivity contribution in [2.75, 3.05) is 0 Å². The Morgan fingerprint density at radius 1 is 0.750 bits per heavy atom. The molecule has 2 aliphatic rings. The van der Waals surface area contributed by atoms with Gasteiger partial charge in [0.15, 0.2) is 0 Å². The molecule has 0 aromatic carbocycles. The van der Waals surface area contributed by atoms with Crippen molar-refractivity contribution in [2.45, 2.75) is 90.9 Å². The number of unbranched alkanes of at least 4 members (excludes halogenated alkanes) is 5. The van der Waals surface area contributed by atoms with Gasteiger partial charge in [-0.1, -0.05) is 64.5 Å². The number of allylic oxidation sites excluding steroid dienone is 2. The van der Waals surface area contributed by atoms with Crippen molar-refractivity contribution >= 4 is 0 Å². The predicted molar refractivity (Wildman–Crippen MR) is 89.9 cm³/mol. The number of rotatable bonds is 12. The second-order valence-electron chi connectivity index (χ2n) is 7.45. The maximum absolute atomic E-state index is 2.48. The first-order valence-corrected chi connectivity index (χ1v) is 9.50. The maximum atomic E-state index is 2.48. The highest BCUT2D eigenvalue weighted by molar-refractivity contribution is 4.98. The second-order valence-corrected chi connectivity index (χ2v) is 7.45. The summed E-state index contributed by atoms with van der Waals surface area (Å²) in [7, 11) is 0. The van der Waals surface area contributed by atoms with Crippen molar-refractivity contribution in [3.63, 3.8) is 0 Å². The standard InChI is InChI=1S/C20H36/c1-3-5-7-8-9-11-13-18-15-20(18)16-19-14-17(19)12-10-6-4-2/h9,11,17-20H,3-8,10,12-16H2,1-2H3. The largest absolute Gasteiger partial charge is 0.0885 e. The maximum Gasteiger partial charge on any atom is -0.0319 e. The first-order chi connectivity index (χ1) is 9.85. The van der Waals surface area contributed by atoms with Crippen LogP contribution in [0.2, 0.25) is 0 Å². The van der Waals surface area contributed by atoms with Gasteiger partial charge in [-0.05, 0) is 62.2 Å². The third-order valence-corrected chi connectivity index (χ3v) is 5.50. The van der Waals surface area contributed by atoms with Gasteiger partial charge in [-0.15, -0.1) is 0 Å². The summed E-state index contributed by atoms with van der Waals surface area (Å²) in [5.74, 6) is 4.44. The van der Waals surface area contributed by atoms with Crippen LogP contribution in [-0.4, -0.2) is 0 Å². The summed E-state index contributed by atoms with van der Waals surface area (Å²) in [5.41, 5.74) is 0. The van der Waals surface area contributed by atoms with Gasteiger partial charge in [0.1, 0.15) is 0 Å². The Balaban J connectivity index is 1.43. The molecule has 0 aliphatic heterocycles. The molecule has 0 aromatic heterocycles. The van der Waals surface area contributed by atoms with Crippen molar-refractivity contribution < 1.29 is 0 Å². The van der Waals surface area contributed by atoms with Crippen molar-refractivity contribution in [1.29, 1.82) is 0 Å². The van der Waals surface area contributed by atoms with Crippen molar-refractivity contribution in [2.24, 2.45) is 23.7 Å². The highest BCUT2D eigenvalue weighted by Crippen LogP contribution is 2.54. The van der Waals surface area contributed by atoms with Crippen LogP contribution in [0.1, 0.15) is 90.9 Å². The summed E-state index contributed by atoms with van der Waals surface area (Å²) < 4.78 is 0. The van der Waals surface area contributed by atoms with E-state index in [1.165, 1.54) is 64.2 Å². The van der Waals surface area contributed by atoms with Gasteiger partial charge >= 0.3 is 0 Å². The Morgan fingerprint density at radius 2 is 1.45 bits per heavy atom. The smallest absolute Gasteiger partial charge is 0.0319 e. The van der Waals surface area contributed by atoms with Gasteiger partial charge in [-0.2, -0.15) is 0 Å². The molecule has 0 amide bonds. The van der Waals surface area contributed by atoms with Gasteiger partial charge < -0.3 is 0 Å². The van der Waals surface area contributed by atoms with E-state index in [9.17, 15) is 0 Å². The topological polar surface area (TPSA) is 0 Å². The zero-order valence-electron chi connectivity index (χ0n) is 13.9. The zero-order valence-corrected chi connectivity index (χ0v) is 13.9. The van der Waals surface area contributed by atoms with E-state index in [4.69, 9.17) is 0 Å². The molecular formula is C20H36. The molecule has 2 saturated carbocycles. The molecule has 116 valence electrons. The molecule has 4 unspecified atom stereocenters. The fourth-order valence-corrected chi connectivity index (χ4v) is 3.79. The molecule has 2 rings (SSSR count). The fraction of sp³-hybridized carbons (Fsp3) is 0.900. The van der Waals surface area contributed by atoms with Crippen LogP contribution in [0.25, 0.3) is 0 Å². The van der Waals surface area contributed by atoms with Gasteiger partial charge in [0, 0.05) is 0 Å². The molecule has 2 fully saturated rings. The molecule has 0 heterocycles. The lowest BCUT2D eigenvalue weighted by Crippen LogP contribution is -1.88. The summed E-state index contributed by atoms with van der Waals surface area (Å²) in [5, 5.41) is 0. The zero-order chi connectivity index (χ0) is 14.2. The van der Waals surface area contributed by atoms with Crippen LogP contribution in [0.3, 0.4) is 0 Å². The van der Waals surface area contributed by atoms with E-state index in [2.05, 4.69) is 26.0 Å². The minimum Gasteiger partial charge on any atom is -0.0885 e. The quantitative estimate of drug-likeness (QED) is 0.273. The van der Waals surface area contributed by atoms with Crippen LogP contribution < -0.4 is 0 Å². The lowest BCUT2D eigenvalue weighted by Gasteiger charge is -2.00. The molecule has 0 heteroatoms. The van der Waals surface area contributed by atoms with E-state index in [0.717, 1.165) is 23.7 Å². The summed E-state index contributed by atoms with van der Waals surface area (Å²) >= 11 is 0. The Hall–Kier alpha value is -0.260. The van der Waals surface area contributed by atoms with Gasteiger partial charge in [0.25, 0.3) is 0 Å². The molecule has 0 N–H and O–H groups in total. The minimum atomic E-state index is 1.06. The highest BCUT2D eigenvalue weighted by Gasteiger charge is 2.44. The van der Waals surface area contributed by atoms with Crippen LogP contribution in [-0.2, 0) is 0 Å². The molecule has 2 aliphatic carbocycles.